The van der Waals surface area contributed by atoms with E-state index in [4.69, 9.17) is 0 Å². The molecule has 9 heteroatoms. The Bertz CT molecular complexity index is 944. The van der Waals surface area contributed by atoms with Crippen molar-refractivity contribution in [2.24, 2.45) is 0 Å². The zero-order valence-electron chi connectivity index (χ0n) is 15.3. The van der Waals surface area contributed by atoms with Crippen molar-refractivity contribution in [1.29, 1.82) is 0 Å². The van der Waals surface area contributed by atoms with E-state index in [0.29, 0.717) is 9.47 Å². The number of thioether (sulfide) groups is 1. The summed E-state index contributed by atoms with van der Waals surface area (Å²) in [6, 6.07) is 16.6. The molecule has 0 radical (unpaired) electrons. The van der Waals surface area contributed by atoms with Gasteiger partial charge in [0.15, 0.2) is 4.34 Å². The zero-order valence-corrected chi connectivity index (χ0v) is 16.9. The predicted octanol–water partition coefficient (Wildman–Crippen LogP) is 3.88. The van der Waals surface area contributed by atoms with Gasteiger partial charge in [0.2, 0.25) is 11.0 Å². The van der Waals surface area contributed by atoms with Gasteiger partial charge < -0.3 is 10.6 Å². The minimum Gasteiger partial charge on any atom is -0.341 e. The van der Waals surface area contributed by atoms with Crippen LogP contribution in [-0.4, -0.2) is 29.2 Å². The van der Waals surface area contributed by atoms with Gasteiger partial charge in [-0.1, -0.05) is 71.1 Å². The average molecular weight is 414 g/mol. The topological polar surface area (TPSA) is 96.0 Å². The molecule has 0 saturated heterocycles. The molecule has 0 aliphatic carbocycles. The van der Waals surface area contributed by atoms with Crippen molar-refractivity contribution >= 4 is 45.9 Å². The van der Waals surface area contributed by atoms with Gasteiger partial charge in [0.05, 0.1) is 0 Å². The zero-order chi connectivity index (χ0) is 19.9. The Labute approximate surface area is 171 Å². The number of rotatable bonds is 6. The van der Waals surface area contributed by atoms with Crippen LogP contribution in [0.2, 0.25) is 0 Å². The smallest absolute Gasteiger partial charge is 0.321 e. The molecule has 3 rings (SSSR count). The molecule has 0 fully saturated rings. The molecule has 0 aliphatic heterocycles. The Morgan fingerprint density at radius 1 is 1.04 bits per heavy atom. The van der Waals surface area contributed by atoms with Crippen LogP contribution in [0, 0.1) is 6.92 Å². The number of carbonyl (C=O) groups excluding carboxylic acids is 2. The maximum Gasteiger partial charge on any atom is 0.321 e. The van der Waals surface area contributed by atoms with E-state index >= 15 is 0 Å². The number of imide groups is 1. The van der Waals surface area contributed by atoms with Crippen LogP contribution in [0.5, 0.6) is 0 Å². The summed E-state index contributed by atoms with van der Waals surface area (Å²) in [6.07, 6.45) is 0. The lowest BCUT2D eigenvalue weighted by Gasteiger charge is -2.14. The fourth-order valence-electron chi connectivity index (χ4n) is 2.31. The van der Waals surface area contributed by atoms with E-state index in [1.54, 1.807) is 0 Å². The summed E-state index contributed by atoms with van der Waals surface area (Å²) >= 11 is 2.60. The molecule has 1 aromatic heterocycles. The number of anilines is 2. The highest BCUT2D eigenvalue weighted by Crippen LogP contribution is 2.38. The van der Waals surface area contributed by atoms with Gasteiger partial charge in [-0.05, 0) is 24.6 Å². The lowest BCUT2D eigenvalue weighted by molar-refractivity contribution is -0.119. The molecule has 1 atom stereocenters. The van der Waals surface area contributed by atoms with E-state index in [0.717, 1.165) is 11.3 Å². The average Bonchev–Trinajstić information content (AvgIpc) is 3.15. The normalized spacial score (nSPS) is 11.5. The van der Waals surface area contributed by atoms with E-state index in [-0.39, 0.29) is 0 Å². The van der Waals surface area contributed by atoms with E-state index < -0.39 is 17.2 Å². The molecule has 3 amide bonds. The van der Waals surface area contributed by atoms with Crippen LogP contribution in [0.25, 0.3) is 0 Å². The Balaban J connectivity index is 1.75. The summed E-state index contributed by atoms with van der Waals surface area (Å²) in [5.41, 5.74) is 2.86. The molecule has 3 aromatic rings. The van der Waals surface area contributed by atoms with Crippen molar-refractivity contribution in [3.05, 3.63) is 65.7 Å². The summed E-state index contributed by atoms with van der Waals surface area (Å²) in [5, 5.41) is 16.2. The van der Waals surface area contributed by atoms with Crippen LogP contribution in [0.15, 0.2) is 58.9 Å². The Kier molecular flexibility index (Phi) is 6.62. The molecule has 28 heavy (non-hydrogen) atoms. The van der Waals surface area contributed by atoms with Gasteiger partial charge in [0.25, 0.3) is 0 Å². The lowest BCUT2D eigenvalue weighted by atomic mass is 10.1. The fourth-order valence-corrected chi connectivity index (χ4v) is 4.27. The highest BCUT2D eigenvalue weighted by atomic mass is 32.2. The van der Waals surface area contributed by atoms with Gasteiger partial charge in [-0.25, -0.2) is 4.79 Å². The van der Waals surface area contributed by atoms with Crippen molar-refractivity contribution in [3.8, 4) is 0 Å². The second-order valence-corrected chi connectivity index (χ2v) is 8.17. The van der Waals surface area contributed by atoms with E-state index in [1.165, 1.54) is 35.7 Å². The number of amides is 3. The minimum absolute atomic E-state index is 0.418. The monoisotopic (exact) mass is 413 g/mol. The van der Waals surface area contributed by atoms with Gasteiger partial charge >= 0.3 is 6.03 Å². The third-order valence-corrected chi connectivity index (χ3v) is 5.91. The standard InChI is InChI=1S/C19H19N5O2S2/c1-12-8-10-14(11-9-12)21-18-23-24-19(28-18)27-15(13-6-4-3-5-7-13)16(25)22-17(26)20-2/h3-11,15H,1-2H3,(H,21,23)(H2,20,22,25,26)/t15-/m1/s1. The summed E-state index contributed by atoms with van der Waals surface area (Å²) in [4.78, 5) is 24.1. The third kappa shape index (κ3) is 5.30. The molecule has 3 N–H and O–H groups in total. The highest BCUT2D eigenvalue weighted by Gasteiger charge is 2.25. The van der Waals surface area contributed by atoms with E-state index in [2.05, 4.69) is 26.1 Å². The van der Waals surface area contributed by atoms with Crippen LogP contribution in [0.3, 0.4) is 0 Å². The molecule has 2 aromatic carbocycles. The molecule has 0 saturated carbocycles. The molecule has 144 valence electrons. The number of aromatic nitrogens is 2. The summed E-state index contributed by atoms with van der Waals surface area (Å²) < 4.78 is 0.621. The van der Waals surface area contributed by atoms with Gasteiger partial charge in [0, 0.05) is 12.7 Å². The maximum atomic E-state index is 12.6. The Morgan fingerprint density at radius 2 is 1.75 bits per heavy atom. The predicted molar refractivity (Wildman–Crippen MR) is 112 cm³/mol. The minimum atomic E-state index is -0.626. The van der Waals surface area contributed by atoms with Crippen LogP contribution < -0.4 is 16.0 Å². The highest BCUT2D eigenvalue weighted by molar-refractivity contribution is 8.01. The van der Waals surface area contributed by atoms with Crippen molar-refractivity contribution in [3.63, 3.8) is 0 Å². The van der Waals surface area contributed by atoms with Gasteiger partial charge in [-0.3, -0.25) is 10.1 Å². The fraction of sp³-hybridized carbons (Fsp3) is 0.158. The second-order valence-electron chi connectivity index (χ2n) is 5.84. The quantitative estimate of drug-likeness (QED) is 0.531. The first-order chi connectivity index (χ1) is 13.5. The maximum absolute atomic E-state index is 12.6. The number of aryl methyl sites for hydroxylation is 1. The summed E-state index contributed by atoms with van der Waals surface area (Å²) in [7, 11) is 1.46. The second kappa shape index (κ2) is 9.34. The molecule has 0 spiro atoms. The molecule has 1 heterocycles. The van der Waals surface area contributed by atoms with E-state index in [1.807, 2.05) is 61.5 Å². The van der Waals surface area contributed by atoms with Crippen molar-refractivity contribution in [1.82, 2.24) is 20.8 Å². The van der Waals surface area contributed by atoms with Gasteiger partial charge in [-0.15, -0.1) is 10.2 Å². The number of hydrogen-bond donors (Lipinski definition) is 3. The van der Waals surface area contributed by atoms with Gasteiger partial charge in [-0.2, -0.15) is 0 Å². The van der Waals surface area contributed by atoms with Crippen molar-refractivity contribution in [2.75, 3.05) is 12.4 Å². The molecular weight excluding hydrogens is 394 g/mol. The molecular formula is C19H19N5O2S2. The first-order valence-corrected chi connectivity index (χ1v) is 10.2. The van der Waals surface area contributed by atoms with Crippen LogP contribution >= 0.6 is 23.1 Å². The Morgan fingerprint density at radius 3 is 2.43 bits per heavy atom. The van der Waals surface area contributed by atoms with Crippen molar-refractivity contribution in [2.45, 2.75) is 16.5 Å². The largest absolute Gasteiger partial charge is 0.341 e. The van der Waals surface area contributed by atoms with Gasteiger partial charge in [0.1, 0.15) is 5.25 Å². The van der Waals surface area contributed by atoms with Crippen molar-refractivity contribution < 1.29 is 9.59 Å². The first kappa shape index (κ1) is 19.8. The molecule has 7 nitrogen and oxygen atoms in total. The van der Waals surface area contributed by atoms with E-state index in [9.17, 15) is 9.59 Å². The lowest BCUT2D eigenvalue weighted by Crippen LogP contribution is -2.39. The van der Waals surface area contributed by atoms with Crippen LogP contribution in [0.4, 0.5) is 15.6 Å². The summed E-state index contributed by atoms with van der Waals surface area (Å²) in [6.45, 7) is 2.02. The molecule has 0 bridgehead atoms. The number of hydrogen-bond acceptors (Lipinski definition) is 7. The number of nitrogens with one attached hydrogen (secondary N) is 3. The van der Waals surface area contributed by atoms with Crippen LogP contribution in [-0.2, 0) is 4.79 Å². The number of benzene rings is 2. The molecule has 0 aliphatic rings. The summed E-state index contributed by atoms with van der Waals surface area (Å²) in [5.74, 6) is -0.418. The third-order valence-electron chi connectivity index (χ3n) is 3.73. The molecule has 0 unspecified atom stereocenters. The number of carbonyl (C=O) groups is 2. The number of urea groups is 1. The van der Waals surface area contributed by atoms with Crippen LogP contribution in [0.1, 0.15) is 16.4 Å². The Hall–Kier alpha value is -2.91. The SMILES string of the molecule is CNC(=O)NC(=O)[C@H](Sc1nnc(Nc2ccc(C)cc2)s1)c1ccccc1. The first-order valence-electron chi connectivity index (χ1n) is 8.46. The number of nitrogens with zero attached hydrogens (tertiary/aromatic N) is 2.